The molecule has 6 nitrogen and oxygen atoms in total. The highest BCUT2D eigenvalue weighted by molar-refractivity contribution is 7.12. The Morgan fingerprint density at radius 1 is 1.47 bits per heavy atom. The summed E-state index contributed by atoms with van der Waals surface area (Å²) in [5.41, 5.74) is 7.79. The average Bonchev–Trinajstić information content (AvgIpc) is 3.28. The summed E-state index contributed by atoms with van der Waals surface area (Å²) in [6, 6.07) is 8.16. The Morgan fingerprint density at radius 2 is 2.30 bits per heavy atom. The number of nitrogens with zero attached hydrogens (tertiary/aromatic N) is 2. The average molecular weight is 453 g/mol. The van der Waals surface area contributed by atoms with Gasteiger partial charge in [0.1, 0.15) is 12.0 Å². The molecule has 4 N–H and O–H groups in total. The largest absolute Gasteiger partial charge is 0.376 e. The van der Waals surface area contributed by atoms with E-state index in [1.54, 1.807) is 19.4 Å². The molecule has 30 heavy (non-hydrogen) atoms. The molecule has 9 heteroatoms. The van der Waals surface area contributed by atoms with Crippen LogP contribution in [0, 0.1) is 5.82 Å². The van der Waals surface area contributed by atoms with Gasteiger partial charge in [0, 0.05) is 42.2 Å². The lowest BCUT2D eigenvalue weighted by atomic mass is 10.0. The Kier molecular flexibility index (Phi) is 6.72. The van der Waals surface area contributed by atoms with Gasteiger partial charge >= 0.3 is 0 Å². The van der Waals surface area contributed by atoms with E-state index in [4.69, 9.17) is 22.1 Å². The van der Waals surface area contributed by atoms with Crippen molar-refractivity contribution in [1.82, 2.24) is 10.3 Å². The molecule has 162 valence electrons. The molecule has 5 atom stereocenters. The standard InChI is InChI=1S/C21H26ClFN4O2S/c1-29-17-5-6-27-19(16(22)11-25-27)15-9-18(30-20(15)17)21(28)26-14(10-24)8-12-3-2-4-13(23)7-12/h2-4,7,9,11,14,16-17,19,21,26,28H,5-6,8,10,24H2,1H3. The van der Waals surface area contributed by atoms with E-state index >= 15 is 0 Å². The molecule has 0 spiro atoms. The van der Waals surface area contributed by atoms with Crippen LogP contribution in [0.4, 0.5) is 4.39 Å². The number of alkyl halides is 1. The van der Waals surface area contributed by atoms with Crippen LogP contribution in [0.15, 0.2) is 35.4 Å². The number of nitrogens with two attached hydrogens (primary N) is 1. The predicted octanol–water partition coefficient (Wildman–Crippen LogP) is 3.08. The van der Waals surface area contributed by atoms with Crippen LogP contribution in [0.5, 0.6) is 0 Å². The van der Waals surface area contributed by atoms with Gasteiger partial charge in [0.15, 0.2) is 0 Å². The number of thiophene rings is 1. The maximum Gasteiger partial charge on any atom is 0.140 e. The minimum Gasteiger partial charge on any atom is -0.376 e. The van der Waals surface area contributed by atoms with Crippen LogP contribution in [0.25, 0.3) is 0 Å². The summed E-state index contributed by atoms with van der Waals surface area (Å²) < 4.78 is 19.2. The topological polar surface area (TPSA) is 83.1 Å². The van der Waals surface area contributed by atoms with Crippen molar-refractivity contribution in [2.24, 2.45) is 10.8 Å². The Balaban J connectivity index is 1.54. The third-order valence-electron chi connectivity index (χ3n) is 5.62. The lowest BCUT2D eigenvalue weighted by Gasteiger charge is -2.23. The van der Waals surface area contributed by atoms with Gasteiger partial charge in [0.2, 0.25) is 0 Å². The fraction of sp³-hybridized carbons (Fsp3) is 0.476. The van der Waals surface area contributed by atoms with Crippen molar-refractivity contribution in [1.29, 1.82) is 0 Å². The number of nitrogens with one attached hydrogen (secondary N) is 1. The zero-order valence-corrected chi connectivity index (χ0v) is 18.2. The van der Waals surface area contributed by atoms with E-state index in [1.165, 1.54) is 23.5 Å². The fourth-order valence-electron chi connectivity index (χ4n) is 4.12. The van der Waals surface area contributed by atoms with Gasteiger partial charge in [0.05, 0.1) is 17.5 Å². The monoisotopic (exact) mass is 452 g/mol. The smallest absolute Gasteiger partial charge is 0.140 e. The first-order valence-electron chi connectivity index (χ1n) is 10.00. The second-order valence-corrected chi connectivity index (χ2v) is 9.25. The molecule has 2 aliphatic heterocycles. The molecular weight excluding hydrogens is 427 g/mol. The minimum atomic E-state index is -0.897. The van der Waals surface area contributed by atoms with Crippen molar-refractivity contribution in [3.63, 3.8) is 0 Å². The van der Waals surface area contributed by atoms with Crippen LogP contribution >= 0.6 is 22.9 Å². The molecule has 0 aliphatic carbocycles. The quantitative estimate of drug-likeness (QED) is 0.444. The maximum absolute atomic E-state index is 13.5. The lowest BCUT2D eigenvalue weighted by Crippen LogP contribution is -2.40. The predicted molar refractivity (Wildman–Crippen MR) is 117 cm³/mol. The highest BCUT2D eigenvalue weighted by Crippen LogP contribution is 2.45. The highest BCUT2D eigenvalue weighted by atomic mass is 35.5. The summed E-state index contributed by atoms with van der Waals surface area (Å²) >= 11 is 8.05. The molecule has 0 fully saturated rings. The molecule has 0 bridgehead atoms. The van der Waals surface area contributed by atoms with E-state index in [0.29, 0.717) is 13.0 Å². The molecule has 0 saturated heterocycles. The number of methoxy groups -OCH3 is 1. The first-order valence-corrected chi connectivity index (χ1v) is 11.2. The first-order chi connectivity index (χ1) is 14.5. The molecule has 0 radical (unpaired) electrons. The summed E-state index contributed by atoms with van der Waals surface area (Å²) in [4.78, 5) is 1.85. The van der Waals surface area contributed by atoms with Crippen molar-refractivity contribution in [2.45, 2.75) is 42.6 Å². The number of hydrogen-bond acceptors (Lipinski definition) is 7. The first kappa shape index (κ1) is 21.7. The third kappa shape index (κ3) is 4.39. The normalized spacial score (nSPS) is 25.0. The summed E-state index contributed by atoms with van der Waals surface area (Å²) in [7, 11) is 1.70. The summed E-state index contributed by atoms with van der Waals surface area (Å²) in [5, 5.41) is 20.3. The van der Waals surface area contributed by atoms with Crippen LogP contribution in [0.3, 0.4) is 0 Å². The van der Waals surface area contributed by atoms with Gasteiger partial charge in [-0.2, -0.15) is 5.10 Å². The molecule has 1 aromatic carbocycles. The summed E-state index contributed by atoms with van der Waals surface area (Å²) in [6.45, 7) is 1.08. The summed E-state index contributed by atoms with van der Waals surface area (Å²) in [5.74, 6) is -0.282. The Hall–Kier alpha value is -1.55. The lowest BCUT2D eigenvalue weighted by molar-refractivity contribution is 0.0904. The minimum absolute atomic E-state index is 0.0587. The highest BCUT2D eigenvalue weighted by Gasteiger charge is 2.39. The van der Waals surface area contributed by atoms with Gasteiger partial charge in [0.25, 0.3) is 0 Å². The molecule has 3 heterocycles. The van der Waals surface area contributed by atoms with E-state index in [-0.39, 0.29) is 29.4 Å². The van der Waals surface area contributed by atoms with Crippen molar-refractivity contribution in [3.8, 4) is 0 Å². The van der Waals surface area contributed by atoms with Crippen LogP contribution in [-0.2, 0) is 11.2 Å². The number of aliphatic hydroxyl groups is 1. The van der Waals surface area contributed by atoms with Crippen LogP contribution in [0.1, 0.15) is 45.7 Å². The molecule has 2 aliphatic rings. The second kappa shape index (κ2) is 9.30. The van der Waals surface area contributed by atoms with Gasteiger partial charge < -0.3 is 15.6 Å². The molecule has 0 saturated carbocycles. The van der Waals surface area contributed by atoms with Crippen molar-refractivity contribution in [2.75, 3.05) is 20.2 Å². The van der Waals surface area contributed by atoms with E-state index in [1.807, 2.05) is 17.1 Å². The van der Waals surface area contributed by atoms with Gasteiger partial charge in [-0.3, -0.25) is 10.3 Å². The zero-order chi connectivity index (χ0) is 21.3. The Bertz CT molecular complexity index is 911. The number of fused-ring (bicyclic) bond motifs is 3. The summed E-state index contributed by atoms with van der Waals surface area (Å²) in [6.07, 6.45) is 2.12. The van der Waals surface area contributed by atoms with Crippen molar-refractivity contribution >= 4 is 29.2 Å². The van der Waals surface area contributed by atoms with Gasteiger partial charge in [-0.25, -0.2) is 4.39 Å². The molecule has 0 amide bonds. The van der Waals surface area contributed by atoms with E-state index in [0.717, 1.165) is 33.8 Å². The number of hydrazone groups is 1. The molecular formula is C21H26ClFN4O2S. The van der Waals surface area contributed by atoms with Crippen molar-refractivity contribution < 1.29 is 14.2 Å². The van der Waals surface area contributed by atoms with Gasteiger partial charge in [-0.15, -0.1) is 22.9 Å². The number of aliphatic hydroxyl groups excluding tert-OH is 1. The van der Waals surface area contributed by atoms with Crippen LogP contribution < -0.4 is 11.1 Å². The fourth-order valence-corrected chi connectivity index (χ4v) is 5.70. The molecule has 4 rings (SSSR count). The van der Waals surface area contributed by atoms with Crippen LogP contribution in [0.2, 0.25) is 0 Å². The molecule has 1 aromatic heterocycles. The second-order valence-electron chi connectivity index (χ2n) is 7.63. The van der Waals surface area contributed by atoms with Crippen LogP contribution in [-0.4, -0.2) is 47.9 Å². The zero-order valence-electron chi connectivity index (χ0n) is 16.7. The Labute approximate surface area is 184 Å². The van der Waals surface area contributed by atoms with E-state index in [2.05, 4.69) is 10.4 Å². The van der Waals surface area contributed by atoms with Gasteiger partial charge in [-0.05, 0) is 42.2 Å². The number of hydrogen-bond donors (Lipinski definition) is 3. The number of benzene rings is 1. The Morgan fingerprint density at radius 3 is 3.03 bits per heavy atom. The van der Waals surface area contributed by atoms with Crippen molar-refractivity contribution in [3.05, 3.63) is 57.0 Å². The number of ether oxygens (including phenoxy) is 1. The van der Waals surface area contributed by atoms with Gasteiger partial charge in [-0.1, -0.05) is 12.1 Å². The van der Waals surface area contributed by atoms with E-state index in [9.17, 15) is 9.50 Å². The SMILES string of the molecule is COC1CCN2N=CC(Cl)C2c2cc(C(O)NC(CN)Cc3cccc(F)c3)sc21. The third-order valence-corrected chi connectivity index (χ3v) is 7.27. The number of halogens is 2. The molecule has 5 unspecified atom stereocenters. The van der Waals surface area contributed by atoms with E-state index < -0.39 is 6.23 Å². The number of rotatable bonds is 7. The maximum atomic E-state index is 13.5. The molecule has 2 aromatic rings.